The van der Waals surface area contributed by atoms with Gasteiger partial charge in [0.25, 0.3) is 0 Å². The number of amides is 1. The summed E-state index contributed by atoms with van der Waals surface area (Å²) >= 11 is 0. The van der Waals surface area contributed by atoms with Crippen molar-refractivity contribution in [2.45, 2.75) is 0 Å². The Morgan fingerprint density at radius 2 is 2.33 bits per heavy atom. The van der Waals surface area contributed by atoms with E-state index in [9.17, 15) is 4.79 Å². The van der Waals surface area contributed by atoms with Crippen molar-refractivity contribution in [3.05, 3.63) is 0 Å². The number of β-lactam (4-membered cyclic amide) rings is 1. The Labute approximate surface area is 37.8 Å². The zero-order valence-electron chi connectivity index (χ0n) is 3.32. The van der Waals surface area contributed by atoms with E-state index < -0.39 is 0 Å². The highest BCUT2D eigenvalue weighted by Gasteiger charge is 2.14. The molecule has 1 unspecified atom stereocenters. The van der Waals surface area contributed by atoms with Crippen LogP contribution in [0.3, 0.4) is 0 Å². The molecule has 1 saturated heterocycles. The Morgan fingerprint density at radius 1 is 1.83 bits per heavy atom. The third-order valence-electron chi connectivity index (χ3n) is 0.783. The Bertz CT molecular complexity index is 95.4. The van der Waals surface area contributed by atoms with Gasteiger partial charge in [0.05, 0.1) is 0 Å². The maximum atomic E-state index is 10.1. The van der Waals surface area contributed by atoms with Gasteiger partial charge >= 0.3 is 0 Å². The highest BCUT2D eigenvalue weighted by Crippen LogP contribution is 1.87. The lowest BCUT2D eigenvalue weighted by molar-refractivity contribution is -0.116. The minimum Gasteiger partial charge on any atom is -0.348 e. The number of rotatable bonds is 0. The lowest BCUT2D eigenvalue weighted by Crippen LogP contribution is -2.47. The zero-order chi connectivity index (χ0) is 4.57. The standard InChI is InChI=1S/C3H6NOP/c5-3-2(6)1-4-3/h1H2,6H3,(H,4,5). The van der Waals surface area contributed by atoms with E-state index in [1.807, 2.05) is 0 Å². The summed E-state index contributed by atoms with van der Waals surface area (Å²) in [5.74, 6) is 0.119. The van der Waals surface area contributed by atoms with E-state index in [-0.39, 0.29) is 5.91 Å². The summed E-state index contributed by atoms with van der Waals surface area (Å²) in [7, 11) is 1.65. The lowest BCUT2D eigenvalue weighted by Gasteiger charge is -2.14. The Balaban J connectivity index is 2.61. The van der Waals surface area contributed by atoms with Gasteiger partial charge in [0.15, 0.2) is 0 Å². The second-order valence-electron chi connectivity index (χ2n) is 1.29. The van der Waals surface area contributed by atoms with E-state index in [1.165, 1.54) is 0 Å². The minimum atomic E-state index is 0.119. The average molecular weight is 103 g/mol. The first kappa shape index (κ1) is 3.94. The molecular weight excluding hydrogens is 97.0 g/mol. The highest BCUT2D eigenvalue weighted by molar-refractivity contribution is 7.26. The van der Waals surface area contributed by atoms with E-state index in [4.69, 9.17) is 0 Å². The second-order valence-corrected chi connectivity index (χ2v) is 2.14. The molecule has 2 nitrogen and oxygen atoms in total. The van der Waals surface area contributed by atoms with Crippen molar-refractivity contribution in [2.75, 3.05) is 6.54 Å². The zero-order valence-corrected chi connectivity index (χ0v) is 4.74. The molecule has 1 fully saturated rings. The van der Waals surface area contributed by atoms with Gasteiger partial charge in [-0.3, -0.25) is 4.79 Å². The summed E-state index contributed by atoms with van der Waals surface area (Å²) in [6, 6.07) is 0. The van der Waals surface area contributed by atoms with Crippen LogP contribution >= 0.6 is 8.86 Å². The molecule has 6 heavy (non-hydrogen) atoms. The second kappa shape index (κ2) is 1.12. The molecule has 1 amide bonds. The first-order chi connectivity index (χ1) is 2.80. The summed E-state index contributed by atoms with van der Waals surface area (Å²) in [6.45, 7) is 0.803. The van der Waals surface area contributed by atoms with Crippen LogP contribution in [-0.4, -0.2) is 17.7 Å². The van der Waals surface area contributed by atoms with Gasteiger partial charge in [-0.2, -0.15) is 0 Å². The van der Waals surface area contributed by atoms with Crippen LogP contribution in [0.4, 0.5) is 0 Å². The Morgan fingerprint density at radius 3 is 2.33 bits per heavy atom. The molecule has 1 aliphatic rings. The maximum Gasteiger partial charge on any atom is 0.248 e. The molecular formula is C3H6NOP. The van der Waals surface area contributed by atoms with E-state index >= 15 is 0 Å². The number of carbonyl (C=O) groups excluding carboxylic acids is 1. The fourth-order valence-electron chi connectivity index (χ4n) is 0.286. The fraction of sp³-hybridized carbons (Fsp3) is 0.333. The van der Waals surface area contributed by atoms with Gasteiger partial charge < -0.3 is 5.32 Å². The average Bonchev–Trinajstić information content (AvgIpc) is 1.61. The van der Waals surface area contributed by atoms with Gasteiger partial charge in [-0.25, -0.2) is 0 Å². The van der Waals surface area contributed by atoms with Crippen molar-refractivity contribution in [3.63, 3.8) is 0 Å². The first-order valence-electron chi connectivity index (χ1n) is 1.76. The van der Waals surface area contributed by atoms with E-state index in [2.05, 4.69) is 5.32 Å². The van der Waals surface area contributed by atoms with Crippen molar-refractivity contribution < 1.29 is 4.79 Å². The van der Waals surface area contributed by atoms with Crippen molar-refractivity contribution in [1.82, 2.24) is 5.32 Å². The van der Waals surface area contributed by atoms with Crippen LogP contribution in [0.1, 0.15) is 0 Å². The molecule has 1 rings (SSSR count). The molecule has 34 valence electrons. The minimum absolute atomic E-state index is 0.119. The quantitative estimate of drug-likeness (QED) is 0.306. The predicted octanol–water partition coefficient (Wildman–Crippen LogP) is -1.10. The van der Waals surface area contributed by atoms with Gasteiger partial charge in [-0.05, 0) is 0 Å². The summed E-state index contributed by atoms with van der Waals surface area (Å²) in [4.78, 5) is 10.1. The van der Waals surface area contributed by atoms with Crippen LogP contribution in [0, 0.1) is 0 Å². The van der Waals surface area contributed by atoms with Gasteiger partial charge in [-0.15, -0.1) is 8.86 Å². The molecule has 1 aliphatic heterocycles. The van der Waals surface area contributed by atoms with Gasteiger partial charge in [0, 0.05) is 11.8 Å². The molecule has 0 aromatic heterocycles. The molecule has 1 N–H and O–H groups in total. The monoisotopic (exact) mass is 103 g/mol. The smallest absolute Gasteiger partial charge is 0.248 e. The van der Waals surface area contributed by atoms with Crippen LogP contribution in [0.15, 0.2) is 0 Å². The largest absolute Gasteiger partial charge is 0.348 e. The van der Waals surface area contributed by atoms with Crippen molar-refractivity contribution in [1.29, 1.82) is 0 Å². The van der Waals surface area contributed by atoms with Crippen LogP contribution in [0.2, 0.25) is 0 Å². The maximum absolute atomic E-state index is 10.1. The van der Waals surface area contributed by atoms with Crippen LogP contribution in [0.5, 0.6) is 0 Å². The molecule has 0 radical (unpaired) electrons. The van der Waals surface area contributed by atoms with Crippen LogP contribution in [-0.2, 0) is 4.79 Å². The normalized spacial score (nSPS) is 20.0. The topological polar surface area (TPSA) is 29.1 Å². The number of hydrogen-bond donors (Lipinski definition) is 1. The number of carbonyl (C=O) groups is 1. The fourth-order valence-corrected chi connectivity index (χ4v) is 0.536. The Hall–Kier alpha value is -0.230. The van der Waals surface area contributed by atoms with Crippen molar-refractivity contribution in [3.8, 4) is 0 Å². The Kier molecular flexibility index (Phi) is 0.738. The van der Waals surface area contributed by atoms with Crippen molar-refractivity contribution in [2.24, 2.45) is 0 Å². The molecule has 3 heteroatoms. The predicted molar refractivity (Wildman–Crippen MR) is 29.1 cm³/mol. The van der Waals surface area contributed by atoms with Gasteiger partial charge in [0.1, 0.15) is 0 Å². The molecule has 0 spiro atoms. The van der Waals surface area contributed by atoms with Gasteiger partial charge in [0.2, 0.25) is 5.91 Å². The van der Waals surface area contributed by atoms with E-state index in [1.54, 1.807) is 8.86 Å². The third-order valence-corrected chi connectivity index (χ3v) is 1.35. The summed E-state index contributed by atoms with van der Waals surface area (Å²) in [6.07, 6.45) is 0. The number of hydrogen-bond acceptors (Lipinski definition) is 1. The van der Waals surface area contributed by atoms with Crippen LogP contribution in [0.25, 0.3) is 0 Å². The highest BCUT2D eigenvalue weighted by atomic mass is 31.0. The molecule has 1 atom stereocenters. The summed E-state index contributed by atoms with van der Waals surface area (Å²) < 4.78 is 0. The molecule has 0 saturated carbocycles. The van der Waals surface area contributed by atoms with Gasteiger partial charge in [-0.1, -0.05) is 0 Å². The summed E-state index contributed by atoms with van der Waals surface area (Å²) in [5.41, 5.74) is 0. The first-order valence-corrected chi connectivity index (χ1v) is 2.47. The molecule has 0 bridgehead atoms. The third kappa shape index (κ3) is 0.376. The van der Waals surface area contributed by atoms with Crippen LogP contribution < -0.4 is 5.32 Å². The lowest BCUT2D eigenvalue weighted by atomic mass is 10.3. The van der Waals surface area contributed by atoms with E-state index in [0.29, 0.717) is 0 Å². The molecule has 0 aliphatic carbocycles. The molecule has 0 aromatic carbocycles. The van der Waals surface area contributed by atoms with Crippen molar-refractivity contribution >= 4 is 20.1 Å². The van der Waals surface area contributed by atoms with E-state index in [0.717, 1.165) is 11.8 Å². The summed E-state index contributed by atoms with van der Waals surface area (Å²) in [5, 5.41) is 3.56. The SMILES string of the molecule is O=C1NCC1=[PH3]. The molecule has 1 heterocycles. The number of nitrogens with one attached hydrogen (secondary N) is 1. The molecule has 0 aromatic rings.